The molecule has 1 N–H and O–H groups in total. The number of nitrogens with one attached hydrogen (secondary N) is 1. The second-order valence-electron chi connectivity index (χ2n) is 8.93. The quantitative estimate of drug-likeness (QED) is 0.538. The highest BCUT2D eigenvalue weighted by Gasteiger charge is 2.39. The van der Waals surface area contributed by atoms with Crippen molar-refractivity contribution in [2.24, 2.45) is 5.41 Å². The van der Waals surface area contributed by atoms with Crippen molar-refractivity contribution in [1.29, 1.82) is 0 Å². The zero-order chi connectivity index (χ0) is 22.5. The van der Waals surface area contributed by atoms with E-state index in [1.165, 1.54) is 0 Å². The molecule has 7 heteroatoms. The van der Waals surface area contributed by atoms with Gasteiger partial charge in [-0.25, -0.2) is 8.78 Å². The van der Waals surface area contributed by atoms with Gasteiger partial charge in [0.2, 0.25) is 0 Å². The molecule has 0 aliphatic carbocycles. The summed E-state index contributed by atoms with van der Waals surface area (Å²) >= 11 is -1.48. The largest absolute Gasteiger partial charge is 0.598 e. The molecule has 0 bridgehead atoms. The average molecular weight is 440 g/mol. The Balaban J connectivity index is 2.20. The van der Waals surface area contributed by atoms with Crippen molar-refractivity contribution >= 4 is 11.4 Å². The molecule has 166 valence electrons. The van der Waals surface area contributed by atoms with E-state index >= 15 is 0 Å². The van der Waals surface area contributed by atoms with E-state index in [2.05, 4.69) is 4.72 Å². The lowest BCUT2D eigenvalue weighted by molar-refractivity contribution is 0.0341. The number of rotatable bonds is 9. The van der Waals surface area contributed by atoms with E-state index < -0.39 is 39.2 Å². The molecule has 0 aliphatic heterocycles. The molecular formula is C23H31F2NO3S. The van der Waals surface area contributed by atoms with Crippen LogP contribution in [0.25, 0.3) is 0 Å². The molecule has 0 fully saturated rings. The van der Waals surface area contributed by atoms with Crippen LogP contribution < -0.4 is 9.46 Å². The Morgan fingerprint density at radius 1 is 1.03 bits per heavy atom. The topological polar surface area (TPSA) is 53.5 Å². The molecule has 2 rings (SSSR count). The lowest BCUT2D eigenvalue weighted by atomic mass is 9.81. The fourth-order valence-electron chi connectivity index (χ4n) is 2.90. The molecule has 0 saturated heterocycles. The molecule has 0 aliphatic rings. The average Bonchev–Trinajstić information content (AvgIpc) is 2.67. The van der Waals surface area contributed by atoms with E-state index in [1.54, 1.807) is 7.11 Å². The third kappa shape index (κ3) is 6.67. The first kappa shape index (κ1) is 24.6. The van der Waals surface area contributed by atoms with Gasteiger partial charge in [-0.1, -0.05) is 26.0 Å². The molecule has 4 nitrogen and oxygen atoms in total. The second kappa shape index (κ2) is 10.1. The standard InChI is InChI=1S/C23H31F2NO3S/c1-22(2,3)30(27)26-21(19-13-17(24)9-12-20(19)25)23(4,5)15-29-14-16-7-10-18(28-6)11-8-16/h7-13,21,26H,14-15H2,1-6H3. The van der Waals surface area contributed by atoms with Gasteiger partial charge in [0.1, 0.15) is 22.1 Å². The monoisotopic (exact) mass is 439 g/mol. The SMILES string of the molecule is COc1ccc(COCC(C)(C)C(N[S+]([O-])C(C)(C)C)c2cc(F)ccc2F)cc1. The van der Waals surface area contributed by atoms with Crippen LogP contribution in [0.4, 0.5) is 8.78 Å². The molecule has 0 heterocycles. The van der Waals surface area contributed by atoms with Crippen LogP contribution in [0.2, 0.25) is 0 Å². The molecule has 2 aromatic rings. The highest BCUT2D eigenvalue weighted by molar-refractivity contribution is 7.90. The zero-order valence-electron chi connectivity index (χ0n) is 18.4. The number of hydrogen-bond donors (Lipinski definition) is 1. The van der Waals surface area contributed by atoms with Gasteiger partial charge in [0.15, 0.2) is 0 Å². The summed E-state index contributed by atoms with van der Waals surface area (Å²) in [6.45, 7) is 9.82. The fourth-order valence-corrected chi connectivity index (χ4v) is 3.91. The summed E-state index contributed by atoms with van der Waals surface area (Å²) in [5.41, 5.74) is 0.416. The highest BCUT2D eigenvalue weighted by Crippen LogP contribution is 2.37. The van der Waals surface area contributed by atoms with Gasteiger partial charge in [0.25, 0.3) is 0 Å². The van der Waals surface area contributed by atoms with Gasteiger partial charge in [0, 0.05) is 22.3 Å². The van der Waals surface area contributed by atoms with Gasteiger partial charge < -0.3 is 14.0 Å². The Labute approximate surface area is 181 Å². The van der Waals surface area contributed by atoms with Crippen LogP contribution in [0, 0.1) is 17.0 Å². The maximum Gasteiger partial charge on any atom is 0.136 e. The Morgan fingerprint density at radius 2 is 1.67 bits per heavy atom. The Morgan fingerprint density at radius 3 is 2.23 bits per heavy atom. The van der Waals surface area contributed by atoms with E-state index in [4.69, 9.17) is 9.47 Å². The lowest BCUT2D eigenvalue weighted by Crippen LogP contribution is -2.47. The van der Waals surface area contributed by atoms with Crippen LogP contribution in [-0.2, 0) is 22.7 Å². The maximum atomic E-state index is 14.6. The van der Waals surface area contributed by atoms with Gasteiger partial charge in [-0.3, -0.25) is 0 Å². The Kier molecular flexibility index (Phi) is 8.27. The van der Waals surface area contributed by atoms with E-state index in [0.29, 0.717) is 6.61 Å². The smallest absolute Gasteiger partial charge is 0.136 e. The van der Waals surface area contributed by atoms with Crippen molar-refractivity contribution in [1.82, 2.24) is 4.72 Å². The molecule has 0 amide bonds. The summed E-state index contributed by atoms with van der Waals surface area (Å²) in [6.07, 6.45) is 0. The van der Waals surface area contributed by atoms with Crippen LogP contribution >= 0.6 is 0 Å². The normalized spacial score (nSPS) is 14.4. The molecule has 0 radical (unpaired) electrons. The lowest BCUT2D eigenvalue weighted by Gasteiger charge is -2.37. The van der Waals surface area contributed by atoms with Crippen LogP contribution in [-0.4, -0.2) is 23.0 Å². The maximum absolute atomic E-state index is 14.6. The van der Waals surface area contributed by atoms with Gasteiger partial charge in [-0.15, -0.1) is 4.72 Å². The zero-order valence-corrected chi connectivity index (χ0v) is 19.2. The first-order valence-corrected chi connectivity index (χ1v) is 10.9. The summed E-state index contributed by atoms with van der Waals surface area (Å²) in [7, 11) is 1.61. The summed E-state index contributed by atoms with van der Waals surface area (Å²) in [6, 6.07) is 10.1. The van der Waals surface area contributed by atoms with Crippen molar-refractivity contribution in [2.75, 3.05) is 13.7 Å². The summed E-state index contributed by atoms with van der Waals surface area (Å²) < 4.78 is 54.8. The second-order valence-corrected chi connectivity index (χ2v) is 10.9. The molecule has 0 saturated carbocycles. The molecule has 30 heavy (non-hydrogen) atoms. The Hall–Kier alpha value is -1.67. The first-order valence-electron chi connectivity index (χ1n) is 9.78. The van der Waals surface area contributed by atoms with Crippen LogP contribution in [0.1, 0.15) is 51.8 Å². The molecule has 0 spiro atoms. The van der Waals surface area contributed by atoms with E-state index in [9.17, 15) is 13.3 Å². The number of methoxy groups -OCH3 is 1. The van der Waals surface area contributed by atoms with Gasteiger partial charge >= 0.3 is 0 Å². The van der Waals surface area contributed by atoms with Crippen molar-refractivity contribution in [3.8, 4) is 5.75 Å². The molecule has 2 atom stereocenters. The van der Waals surface area contributed by atoms with Crippen molar-refractivity contribution in [3.63, 3.8) is 0 Å². The summed E-state index contributed by atoms with van der Waals surface area (Å²) in [5, 5.41) is 0. The van der Waals surface area contributed by atoms with Gasteiger partial charge in [-0.2, -0.15) is 0 Å². The van der Waals surface area contributed by atoms with Crippen molar-refractivity contribution in [2.45, 2.75) is 52.0 Å². The predicted molar refractivity (Wildman–Crippen MR) is 117 cm³/mol. The minimum absolute atomic E-state index is 0.130. The molecular weight excluding hydrogens is 408 g/mol. The van der Waals surface area contributed by atoms with Gasteiger partial charge in [-0.05, 0) is 56.7 Å². The first-order chi connectivity index (χ1) is 13.9. The van der Waals surface area contributed by atoms with Crippen molar-refractivity contribution < 1.29 is 22.8 Å². The number of ether oxygens (including phenoxy) is 2. The highest BCUT2D eigenvalue weighted by atomic mass is 32.2. The summed E-state index contributed by atoms with van der Waals surface area (Å²) in [4.78, 5) is 0. The number of benzene rings is 2. The van der Waals surface area contributed by atoms with Crippen LogP contribution in [0.15, 0.2) is 42.5 Å². The third-order valence-corrected chi connectivity index (χ3v) is 6.30. The minimum Gasteiger partial charge on any atom is -0.598 e. The van der Waals surface area contributed by atoms with Gasteiger partial charge in [0.05, 0.1) is 26.4 Å². The predicted octanol–water partition coefficient (Wildman–Crippen LogP) is 5.31. The molecule has 2 aromatic carbocycles. The van der Waals surface area contributed by atoms with Crippen molar-refractivity contribution in [3.05, 3.63) is 65.2 Å². The fraction of sp³-hybridized carbons (Fsp3) is 0.478. The third-order valence-electron chi connectivity index (χ3n) is 4.73. The van der Waals surface area contributed by atoms with E-state index in [1.807, 2.05) is 58.9 Å². The van der Waals surface area contributed by atoms with E-state index in [0.717, 1.165) is 29.5 Å². The number of hydrogen-bond acceptors (Lipinski definition) is 4. The molecule has 2 unspecified atom stereocenters. The minimum atomic E-state index is -1.48. The number of halogens is 2. The molecule has 0 aromatic heterocycles. The van der Waals surface area contributed by atoms with Crippen LogP contribution in [0.5, 0.6) is 5.75 Å². The van der Waals surface area contributed by atoms with E-state index in [-0.39, 0.29) is 12.2 Å². The summed E-state index contributed by atoms with van der Waals surface area (Å²) in [5.74, 6) is -0.340. The Bertz CT molecular complexity index is 822. The van der Waals surface area contributed by atoms with Crippen LogP contribution in [0.3, 0.4) is 0 Å².